The Morgan fingerprint density at radius 3 is 2.83 bits per heavy atom. The number of oxime groups is 1. The third kappa shape index (κ3) is 4.61. The maximum Gasteiger partial charge on any atom is 0.352 e. The van der Waals surface area contributed by atoms with Crippen molar-refractivity contribution < 1.29 is 34.0 Å². The number of fused-ring (bicyclic) bond motifs is 1. The summed E-state index contributed by atoms with van der Waals surface area (Å²) >= 11 is 2.47. The fourth-order valence-electron chi connectivity index (χ4n) is 4.13. The molecule has 0 spiro atoms. The Morgan fingerprint density at radius 2 is 2.20 bits per heavy atom. The van der Waals surface area contributed by atoms with Crippen molar-refractivity contribution in [3.05, 3.63) is 34.1 Å². The lowest BCUT2D eigenvalue weighted by atomic mass is 10.0. The number of aromatic nitrogens is 1. The van der Waals surface area contributed by atoms with E-state index < -0.39 is 29.2 Å². The Balaban J connectivity index is 1.51. The zero-order valence-electron chi connectivity index (χ0n) is 18.6. The van der Waals surface area contributed by atoms with Crippen molar-refractivity contribution >= 4 is 57.9 Å². The normalized spacial score (nSPS) is 23.9. The summed E-state index contributed by atoms with van der Waals surface area (Å²) in [4.78, 5) is 47.9. The third-order valence-electron chi connectivity index (χ3n) is 5.72. The zero-order valence-corrected chi connectivity index (χ0v) is 20.2. The maximum atomic E-state index is 13.0. The number of nitrogens with one attached hydrogen (secondary N) is 1. The molecule has 4 rings (SSSR count). The van der Waals surface area contributed by atoms with Gasteiger partial charge in [0.05, 0.1) is 5.70 Å². The summed E-state index contributed by atoms with van der Waals surface area (Å²) in [5.74, 6) is -2.14. The third-order valence-corrected chi connectivity index (χ3v) is 7.73. The number of β-lactam (4-membered cyclic amide) rings is 1. The number of carbonyl (C=O) groups excluding carboxylic acids is 2. The fraction of sp³-hybridized carbons (Fsp3) is 0.400. The topological polar surface area (TPSA) is 196 Å². The van der Waals surface area contributed by atoms with Crippen molar-refractivity contribution in [2.75, 3.05) is 31.7 Å². The molecule has 35 heavy (non-hydrogen) atoms. The van der Waals surface area contributed by atoms with Gasteiger partial charge in [-0.1, -0.05) is 5.16 Å². The van der Waals surface area contributed by atoms with Gasteiger partial charge in [0.25, 0.3) is 11.8 Å². The average Bonchev–Trinajstić information content (AvgIpc) is 3.41. The van der Waals surface area contributed by atoms with E-state index >= 15 is 0 Å². The molecule has 1 fully saturated rings. The lowest BCUT2D eigenvalue weighted by molar-refractivity contribution is -0.542. The molecular weight excluding hydrogens is 498 g/mol. The van der Waals surface area contributed by atoms with Gasteiger partial charge in [0, 0.05) is 35.8 Å². The lowest BCUT2D eigenvalue weighted by Crippen LogP contribution is -2.71. The second-order valence-electron chi connectivity index (χ2n) is 7.83. The molecule has 0 aromatic carbocycles. The van der Waals surface area contributed by atoms with Crippen molar-refractivity contribution in [3.8, 4) is 0 Å². The number of hydrogen-bond acceptors (Lipinski definition) is 11. The molecule has 186 valence electrons. The minimum absolute atomic E-state index is 0.0704. The van der Waals surface area contributed by atoms with Crippen LogP contribution in [0, 0.1) is 0 Å². The first-order valence-electron chi connectivity index (χ1n) is 10.5. The Hall–Kier alpha value is -3.43. The molecule has 0 aliphatic carbocycles. The predicted molar refractivity (Wildman–Crippen MR) is 129 cm³/mol. The molecule has 1 aromatic rings. The van der Waals surface area contributed by atoms with Gasteiger partial charge in [0.15, 0.2) is 29.6 Å². The number of carbonyl (C=O) groups is 3. The van der Waals surface area contributed by atoms with Crippen LogP contribution in [0.25, 0.3) is 0 Å². The summed E-state index contributed by atoms with van der Waals surface area (Å²) in [6.07, 6.45) is 3.87. The number of hydrogen-bond donors (Lipinski definition) is 5. The number of amides is 2. The molecule has 0 radical (unpaired) electrons. The minimum Gasteiger partial charge on any atom is -0.477 e. The Kier molecular flexibility index (Phi) is 7.09. The van der Waals surface area contributed by atoms with E-state index in [9.17, 15) is 24.6 Å². The molecule has 7 N–H and O–H groups in total. The first kappa shape index (κ1) is 24.7. The number of allylic oxidation sites excluding steroid dienone is 1. The number of thiazole rings is 1. The summed E-state index contributed by atoms with van der Waals surface area (Å²) in [6, 6.07) is -1.19. The van der Waals surface area contributed by atoms with Crippen molar-refractivity contribution in [2.24, 2.45) is 10.9 Å². The van der Waals surface area contributed by atoms with Gasteiger partial charge in [-0.15, -0.1) is 23.1 Å². The van der Waals surface area contributed by atoms with E-state index in [1.807, 2.05) is 4.58 Å². The predicted octanol–water partition coefficient (Wildman–Crippen LogP) is -1.50. The molecule has 13 nitrogen and oxygen atoms in total. The first-order valence-corrected chi connectivity index (χ1v) is 12.4. The Morgan fingerprint density at radius 1 is 1.43 bits per heavy atom. The number of carboxylic acids is 1. The van der Waals surface area contributed by atoms with Gasteiger partial charge in [0.2, 0.25) is 0 Å². The molecule has 2 amide bonds. The molecule has 1 saturated heterocycles. The largest absolute Gasteiger partial charge is 0.477 e. The Bertz CT molecular complexity index is 1190. The number of aliphatic hydroxyl groups is 1. The second-order valence-corrected chi connectivity index (χ2v) is 9.82. The van der Waals surface area contributed by atoms with Gasteiger partial charge in [-0.3, -0.25) is 14.5 Å². The number of nitrogens with two attached hydrogens (primary N) is 2. The quantitative estimate of drug-likeness (QED) is 0.110. The van der Waals surface area contributed by atoms with Crippen molar-refractivity contribution in [2.45, 2.75) is 23.9 Å². The van der Waals surface area contributed by atoms with Crippen LogP contribution in [0.1, 0.15) is 12.1 Å². The average molecular weight is 523 g/mol. The van der Waals surface area contributed by atoms with Gasteiger partial charge in [-0.2, -0.15) is 0 Å². The highest BCUT2D eigenvalue weighted by molar-refractivity contribution is 8.00. The van der Waals surface area contributed by atoms with E-state index in [1.54, 1.807) is 12.3 Å². The van der Waals surface area contributed by atoms with Crippen LogP contribution in [0.4, 0.5) is 5.13 Å². The molecule has 1 aromatic heterocycles. The highest BCUT2D eigenvalue weighted by atomic mass is 32.2. The second kappa shape index (κ2) is 10.1. The summed E-state index contributed by atoms with van der Waals surface area (Å²) < 4.78 is 1.85. The van der Waals surface area contributed by atoms with Crippen molar-refractivity contribution in [1.29, 1.82) is 0 Å². The van der Waals surface area contributed by atoms with E-state index in [-0.39, 0.29) is 41.4 Å². The molecule has 3 atom stereocenters. The van der Waals surface area contributed by atoms with Crippen LogP contribution in [0.5, 0.6) is 0 Å². The van der Waals surface area contributed by atoms with Gasteiger partial charge >= 0.3 is 5.97 Å². The molecule has 1 unspecified atom stereocenters. The van der Waals surface area contributed by atoms with E-state index in [2.05, 4.69) is 15.5 Å². The van der Waals surface area contributed by atoms with Crippen LogP contribution in [0.3, 0.4) is 0 Å². The molecule has 3 aliphatic heterocycles. The van der Waals surface area contributed by atoms with E-state index in [0.29, 0.717) is 23.4 Å². The number of rotatable bonds is 9. The van der Waals surface area contributed by atoms with Crippen molar-refractivity contribution in [1.82, 2.24) is 15.2 Å². The smallest absolute Gasteiger partial charge is 0.352 e. The van der Waals surface area contributed by atoms with E-state index in [0.717, 1.165) is 11.3 Å². The SMILES string of the molecule is CO/N=C(\C(=O)N[C@@H]1C(=O)N2C(C(=O)O)=C(C[N+]3=CC=C(N)C3CCO)CS[C@H]12)c1csc(N)n1. The molecule has 4 heterocycles. The summed E-state index contributed by atoms with van der Waals surface area (Å²) in [5, 5.41) is 26.7. The van der Waals surface area contributed by atoms with Crippen LogP contribution in [0.2, 0.25) is 0 Å². The maximum absolute atomic E-state index is 13.0. The van der Waals surface area contributed by atoms with Crippen LogP contribution in [-0.4, -0.2) is 97.9 Å². The van der Waals surface area contributed by atoms with Gasteiger partial charge in [-0.25, -0.2) is 14.4 Å². The highest BCUT2D eigenvalue weighted by Crippen LogP contribution is 2.40. The van der Waals surface area contributed by atoms with Gasteiger partial charge in [0.1, 0.15) is 29.9 Å². The zero-order chi connectivity index (χ0) is 25.3. The number of carboxylic acid groups (broad SMARTS) is 1. The number of anilines is 1. The first-order chi connectivity index (χ1) is 16.8. The number of aliphatic carboxylic acids is 1. The number of thioether (sulfide) groups is 1. The lowest BCUT2D eigenvalue weighted by Gasteiger charge is -2.49. The Labute approximate surface area is 207 Å². The van der Waals surface area contributed by atoms with E-state index in [1.165, 1.54) is 29.2 Å². The number of nitrogens with zero attached hydrogens (tertiary/aromatic N) is 4. The van der Waals surface area contributed by atoms with E-state index in [4.69, 9.17) is 16.3 Å². The molecular formula is C20H24N7O6S2+. The number of nitrogen functional groups attached to an aromatic ring is 1. The molecule has 0 bridgehead atoms. The highest BCUT2D eigenvalue weighted by Gasteiger charge is 2.55. The van der Waals surface area contributed by atoms with Crippen molar-refractivity contribution in [3.63, 3.8) is 0 Å². The fourth-order valence-corrected chi connectivity index (χ4v) is 6.02. The standard InChI is InChI=1S/C20H23N7O6S2/c1-33-25-13(11-8-35-20(22)23-11)16(29)24-14-17(30)27-15(19(31)32)9(7-34-18(14)27)6-26-4-2-10(21)12(26)3-5-28/h2,4,8,12,14,18,21,28H,3,5-7H2,1H3,(H4,22,23,24,29,31,32)/p+1/b25-13-/t12?,14-,18-/m1/s1. The van der Waals surface area contributed by atoms with Crippen LogP contribution in [-0.2, 0) is 19.2 Å². The van der Waals surface area contributed by atoms with Gasteiger partial charge < -0.3 is 31.8 Å². The molecule has 3 aliphatic rings. The number of aliphatic hydroxyl groups excluding tert-OH is 1. The van der Waals surface area contributed by atoms with Crippen LogP contribution < -0.4 is 16.8 Å². The summed E-state index contributed by atoms with van der Waals surface area (Å²) in [6.45, 7) is 0.166. The van der Waals surface area contributed by atoms with Gasteiger partial charge in [-0.05, 0) is 0 Å². The van der Waals surface area contributed by atoms with Crippen LogP contribution >= 0.6 is 23.1 Å². The molecule has 0 saturated carbocycles. The monoisotopic (exact) mass is 522 g/mol. The molecule has 15 heteroatoms. The summed E-state index contributed by atoms with van der Waals surface area (Å²) in [7, 11) is 1.27. The minimum atomic E-state index is -1.23. The summed E-state index contributed by atoms with van der Waals surface area (Å²) in [5.41, 5.74) is 12.7. The van der Waals surface area contributed by atoms with Crippen LogP contribution in [0.15, 0.2) is 33.6 Å².